The molecular formula is C14H19BrN4. The summed E-state index contributed by atoms with van der Waals surface area (Å²) >= 11 is 3.58. The third-order valence-electron chi connectivity index (χ3n) is 3.15. The quantitative estimate of drug-likeness (QED) is 0.889. The number of halogens is 1. The summed E-state index contributed by atoms with van der Waals surface area (Å²) in [6.45, 7) is 3.04. The molecule has 2 rings (SSSR count). The second kappa shape index (κ2) is 6.82. The zero-order valence-corrected chi connectivity index (χ0v) is 12.9. The maximum atomic E-state index is 4.48. The fourth-order valence-electron chi connectivity index (χ4n) is 2.15. The summed E-state index contributed by atoms with van der Waals surface area (Å²) in [6.07, 6.45) is 7.58. The van der Waals surface area contributed by atoms with Crippen molar-refractivity contribution in [3.63, 3.8) is 0 Å². The number of aromatic nitrogens is 3. The van der Waals surface area contributed by atoms with Gasteiger partial charge in [0, 0.05) is 36.5 Å². The molecule has 0 saturated heterocycles. The molecule has 5 heteroatoms. The average molecular weight is 323 g/mol. The minimum atomic E-state index is 0.247. The molecule has 0 amide bonds. The van der Waals surface area contributed by atoms with Crippen LogP contribution in [0.5, 0.6) is 0 Å². The molecule has 0 aliphatic rings. The molecule has 0 spiro atoms. The Bertz CT molecular complexity index is 524. The van der Waals surface area contributed by atoms with Crippen LogP contribution in [-0.4, -0.2) is 21.1 Å². The van der Waals surface area contributed by atoms with Crippen LogP contribution < -0.4 is 5.32 Å². The fraction of sp³-hybridized carbons (Fsp3) is 0.429. The van der Waals surface area contributed by atoms with Crippen LogP contribution in [0.15, 0.2) is 35.2 Å². The highest BCUT2D eigenvalue weighted by molar-refractivity contribution is 9.10. The van der Waals surface area contributed by atoms with Crippen molar-refractivity contribution in [1.29, 1.82) is 0 Å². The van der Waals surface area contributed by atoms with Crippen molar-refractivity contribution in [2.75, 3.05) is 6.54 Å². The Morgan fingerprint density at radius 2 is 2.21 bits per heavy atom. The standard InChI is InChI=1S/C14H19BrN4/c1-3-16-12(14-11(15)5-4-8-18-14)6-7-13-17-9-10-19(13)2/h4-5,8-10,12,16H,3,6-7H2,1-2H3. The zero-order valence-electron chi connectivity index (χ0n) is 11.3. The largest absolute Gasteiger partial charge is 0.338 e. The lowest BCUT2D eigenvalue weighted by Crippen LogP contribution is -2.23. The maximum absolute atomic E-state index is 4.48. The third-order valence-corrected chi connectivity index (χ3v) is 3.82. The lowest BCUT2D eigenvalue weighted by Gasteiger charge is -2.18. The summed E-state index contributed by atoms with van der Waals surface area (Å²) < 4.78 is 3.12. The molecule has 1 N–H and O–H groups in total. The summed E-state index contributed by atoms with van der Waals surface area (Å²) in [5.41, 5.74) is 1.07. The Morgan fingerprint density at radius 1 is 1.37 bits per heavy atom. The van der Waals surface area contributed by atoms with Crippen molar-refractivity contribution >= 4 is 15.9 Å². The van der Waals surface area contributed by atoms with Crippen LogP contribution in [-0.2, 0) is 13.5 Å². The number of hydrogen-bond acceptors (Lipinski definition) is 3. The van der Waals surface area contributed by atoms with Crippen LogP contribution in [0.1, 0.15) is 30.9 Å². The van der Waals surface area contributed by atoms with E-state index in [0.717, 1.165) is 35.4 Å². The van der Waals surface area contributed by atoms with E-state index in [1.807, 2.05) is 37.8 Å². The van der Waals surface area contributed by atoms with E-state index in [4.69, 9.17) is 0 Å². The maximum Gasteiger partial charge on any atom is 0.108 e. The van der Waals surface area contributed by atoms with Gasteiger partial charge in [-0.25, -0.2) is 4.98 Å². The smallest absolute Gasteiger partial charge is 0.108 e. The molecule has 0 fully saturated rings. The van der Waals surface area contributed by atoms with Gasteiger partial charge < -0.3 is 9.88 Å². The van der Waals surface area contributed by atoms with Crippen LogP contribution in [0.4, 0.5) is 0 Å². The normalized spacial score (nSPS) is 12.6. The predicted octanol–water partition coefficient (Wildman–Crippen LogP) is 2.86. The molecule has 0 saturated carbocycles. The number of nitrogens with zero attached hydrogens (tertiary/aromatic N) is 3. The Hall–Kier alpha value is -1.20. The molecule has 4 nitrogen and oxygen atoms in total. The van der Waals surface area contributed by atoms with Gasteiger partial charge in [-0.2, -0.15) is 0 Å². The SMILES string of the molecule is CCNC(CCc1nccn1C)c1ncccc1Br. The van der Waals surface area contributed by atoms with Crippen LogP contribution >= 0.6 is 15.9 Å². The first kappa shape index (κ1) is 14.2. The summed E-state index contributed by atoms with van der Waals surface area (Å²) in [7, 11) is 2.03. The predicted molar refractivity (Wildman–Crippen MR) is 79.9 cm³/mol. The molecule has 2 heterocycles. The van der Waals surface area contributed by atoms with Crippen molar-refractivity contribution in [2.24, 2.45) is 7.05 Å². The van der Waals surface area contributed by atoms with Crippen molar-refractivity contribution in [1.82, 2.24) is 19.9 Å². The Labute approximate surface area is 122 Å². The molecule has 19 heavy (non-hydrogen) atoms. The van der Waals surface area contributed by atoms with Crippen molar-refractivity contribution < 1.29 is 0 Å². The monoisotopic (exact) mass is 322 g/mol. The highest BCUT2D eigenvalue weighted by atomic mass is 79.9. The van der Waals surface area contributed by atoms with Gasteiger partial charge in [0.25, 0.3) is 0 Å². The van der Waals surface area contributed by atoms with Crippen LogP contribution in [0.2, 0.25) is 0 Å². The number of rotatable bonds is 6. The molecule has 0 bridgehead atoms. The van der Waals surface area contributed by atoms with Crippen LogP contribution in [0.25, 0.3) is 0 Å². The minimum Gasteiger partial charge on any atom is -0.338 e. The van der Waals surface area contributed by atoms with Crippen molar-refractivity contribution in [3.8, 4) is 0 Å². The van der Waals surface area contributed by atoms with Crippen LogP contribution in [0.3, 0.4) is 0 Å². The third kappa shape index (κ3) is 3.64. The summed E-state index contributed by atoms with van der Waals surface area (Å²) in [5, 5.41) is 3.49. The number of imidazole rings is 1. The molecule has 0 aliphatic carbocycles. The second-order valence-electron chi connectivity index (χ2n) is 4.47. The first-order chi connectivity index (χ1) is 9.22. The molecule has 0 aliphatic heterocycles. The van der Waals surface area contributed by atoms with Crippen LogP contribution in [0, 0.1) is 0 Å². The van der Waals surface area contributed by atoms with Gasteiger partial charge in [0.05, 0.1) is 11.7 Å². The Kier molecular flexibility index (Phi) is 5.10. The molecule has 1 unspecified atom stereocenters. The first-order valence-corrected chi connectivity index (χ1v) is 7.31. The molecule has 0 radical (unpaired) electrons. The van der Waals surface area contributed by atoms with Gasteiger partial charge in [0.15, 0.2) is 0 Å². The number of pyridine rings is 1. The average Bonchev–Trinajstić information content (AvgIpc) is 2.81. The zero-order chi connectivity index (χ0) is 13.7. The summed E-state index contributed by atoms with van der Waals surface area (Å²) in [5.74, 6) is 1.11. The summed E-state index contributed by atoms with van der Waals surface area (Å²) in [6, 6.07) is 4.22. The highest BCUT2D eigenvalue weighted by Crippen LogP contribution is 2.24. The van der Waals surface area contributed by atoms with E-state index >= 15 is 0 Å². The van der Waals surface area contributed by atoms with E-state index in [1.54, 1.807) is 0 Å². The van der Waals surface area contributed by atoms with Crippen molar-refractivity contribution in [2.45, 2.75) is 25.8 Å². The van der Waals surface area contributed by atoms with E-state index in [9.17, 15) is 0 Å². The minimum absolute atomic E-state index is 0.247. The second-order valence-corrected chi connectivity index (χ2v) is 5.33. The van der Waals surface area contributed by atoms with Gasteiger partial charge in [0.2, 0.25) is 0 Å². The molecule has 0 aromatic carbocycles. The summed E-state index contributed by atoms with van der Waals surface area (Å²) in [4.78, 5) is 8.85. The topological polar surface area (TPSA) is 42.7 Å². The number of hydrogen-bond donors (Lipinski definition) is 1. The molecule has 102 valence electrons. The van der Waals surface area contributed by atoms with Crippen molar-refractivity contribution in [3.05, 3.63) is 46.7 Å². The van der Waals surface area contributed by atoms with E-state index in [1.165, 1.54) is 0 Å². The lowest BCUT2D eigenvalue weighted by molar-refractivity contribution is 0.493. The van der Waals surface area contributed by atoms with E-state index in [2.05, 4.69) is 42.7 Å². The van der Waals surface area contributed by atoms with E-state index in [-0.39, 0.29) is 6.04 Å². The lowest BCUT2D eigenvalue weighted by atomic mass is 10.1. The molecule has 2 aromatic rings. The van der Waals surface area contributed by atoms with Gasteiger partial charge in [-0.3, -0.25) is 4.98 Å². The van der Waals surface area contributed by atoms with Gasteiger partial charge >= 0.3 is 0 Å². The molecule has 1 atom stereocenters. The number of nitrogens with one attached hydrogen (secondary N) is 1. The Morgan fingerprint density at radius 3 is 2.84 bits per heavy atom. The number of aryl methyl sites for hydroxylation is 2. The molecular weight excluding hydrogens is 304 g/mol. The first-order valence-electron chi connectivity index (χ1n) is 6.52. The fourth-order valence-corrected chi connectivity index (χ4v) is 2.68. The molecule has 2 aromatic heterocycles. The van der Waals surface area contributed by atoms with Gasteiger partial charge in [0.1, 0.15) is 5.82 Å². The van der Waals surface area contributed by atoms with E-state index < -0.39 is 0 Å². The highest BCUT2D eigenvalue weighted by Gasteiger charge is 2.15. The van der Waals surface area contributed by atoms with Gasteiger partial charge in [-0.15, -0.1) is 0 Å². The Balaban J connectivity index is 2.09. The van der Waals surface area contributed by atoms with Gasteiger partial charge in [-0.1, -0.05) is 6.92 Å². The van der Waals surface area contributed by atoms with Gasteiger partial charge in [-0.05, 0) is 41.0 Å². The van der Waals surface area contributed by atoms with E-state index in [0.29, 0.717) is 0 Å².